The molecular weight excluding hydrogens is 194 g/mol. The minimum atomic E-state index is 0.473. The van der Waals surface area contributed by atoms with Crippen LogP contribution in [-0.4, -0.2) is 18.5 Å². The molecule has 1 atom stereocenters. The smallest absolute Gasteiger partial charge is 0.191 e. The van der Waals surface area contributed by atoms with E-state index in [4.69, 9.17) is 0 Å². The Morgan fingerprint density at radius 1 is 1.64 bits per heavy atom. The van der Waals surface area contributed by atoms with Gasteiger partial charge in [-0.15, -0.1) is 0 Å². The van der Waals surface area contributed by atoms with Gasteiger partial charge in [0.15, 0.2) is 5.96 Å². The number of thiophene rings is 1. The van der Waals surface area contributed by atoms with Crippen molar-refractivity contribution in [3.8, 4) is 0 Å². The summed E-state index contributed by atoms with van der Waals surface area (Å²) in [5.74, 6) is 0.933. The second-order valence-corrected chi connectivity index (χ2v) is 4.41. The fraction of sp³-hybridized carbons (Fsp3) is 0.500. The summed E-state index contributed by atoms with van der Waals surface area (Å²) in [6.07, 6.45) is 0. The van der Waals surface area contributed by atoms with Crippen LogP contribution in [0.3, 0.4) is 0 Å². The quantitative estimate of drug-likeness (QED) is 0.774. The number of hydrogen-bond acceptors (Lipinski definition) is 4. The van der Waals surface area contributed by atoms with Crippen LogP contribution in [-0.2, 0) is 6.54 Å². The van der Waals surface area contributed by atoms with Crippen molar-refractivity contribution in [1.82, 2.24) is 10.6 Å². The molecule has 14 heavy (non-hydrogen) atoms. The molecule has 0 bridgehead atoms. The maximum atomic E-state index is 4.34. The molecule has 4 heteroatoms. The van der Waals surface area contributed by atoms with E-state index in [0.29, 0.717) is 6.04 Å². The second kappa shape index (κ2) is 4.00. The third kappa shape index (κ3) is 2.07. The normalized spacial score (nSPS) is 20.4. The zero-order valence-corrected chi connectivity index (χ0v) is 9.32. The molecule has 0 amide bonds. The van der Waals surface area contributed by atoms with Crippen LogP contribution in [0.4, 0.5) is 0 Å². The first-order valence-corrected chi connectivity index (χ1v) is 5.76. The highest BCUT2D eigenvalue weighted by molar-refractivity contribution is 7.08. The lowest BCUT2D eigenvalue weighted by atomic mass is 10.2. The van der Waals surface area contributed by atoms with E-state index in [1.165, 1.54) is 11.1 Å². The molecule has 2 rings (SSSR count). The lowest BCUT2D eigenvalue weighted by Crippen LogP contribution is -2.37. The summed E-state index contributed by atoms with van der Waals surface area (Å²) in [6, 6.07) is 0.473. The predicted molar refractivity (Wildman–Crippen MR) is 60.8 cm³/mol. The Morgan fingerprint density at radius 2 is 2.50 bits per heavy atom. The van der Waals surface area contributed by atoms with Gasteiger partial charge in [-0.25, -0.2) is 0 Å². The first-order valence-electron chi connectivity index (χ1n) is 4.82. The standard InChI is InChI=1S/C10H15N3S/c1-7-5-14-6-9(7)4-12-10-11-3-8(2)13-10/h5-6,8H,3-4H2,1-2H3,(H2,11,12,13). The molecule has 2 heterocycles. The third-order valence-corrected chi connectivity index (χ3v) is 3.22. The molecular formula is C10H15N3S. The Morgan fingerprint density at radius 3 is 3.07 bits per heavy atom. The largest absolute Gasteiger partial charge is 0.352 e. The van der Waals surface area contributed by atoms with Gasteiger partial charge >= 0.3 is 0 Å². The first kappa shape index (κ1) is 9.52. The predicted octanol–water partition coefficient (Wildman–Crippen LogP) is 1.49. The number of hydrogen-bond donors (Lipinski definition) is 2. The van der Waals surface area contributed by atoms with Gasteiger partial charge in [-0.3, -0.25) is 4.99 Å². The molecule has 0 aliphatic carbocycles. The van der Waals surface area contributed by atoms with Crippen LogP contribution >= 0.6 is 11.3 Å². The molecule has 0 aromatic carbocycles. The maximum absolute atomic E-state index is 4.34. The van der Waals surface area contributed by atoms with Gasteiger partial charge in [0.1, 0.15) is 0 Å². The van der Waals surface area contributed by atoms with Crippen molar-refractivity contribution < 1.29 is 0 Å². The van der Waals surface area contributed by atoms with Gasteiger partial charge < -0.3 is 10.6 Å². The molecule has 2 N–H and O–H groups in total. The summed E-state index contributed by atoms with van der Waals surface area (Å²) in [5, 5.41) is 10.9. The lowest BCUT2D eigenvalue weighted by Gasteiger charge is -2.08. The minimum absolute atomic E-state index is 0.473. The highest BCUT2D eigenvalue weighted by Gasteiger charge is 2.11. The number of nitrogens with one attached hydrogen (secondary N) is 2. The van der Waals surface area contributed by atoms with Gasteiger partial charge in [0.2, 0.25) is 0 Å². The molecule has 0 spiro atoms. The van der Waals surface area contributed by atoms with Crippen LogP contribution < -0.4 is 10.6 Å². The van der Waals surface area contributed by atoms with Gasteiger partial charge in [-0.1, -0.05) is 0 Å². The van der Waals surface area contributed by atoms with Crippen molar-refractivity contribution in [2.24, 2.45) is 4.99 Å². The molecule has 0 fully saturated rings. The van der Waals surface area contributed by atoms with Crippen molar-refractivity contribution in [3.05, 3.63) is 21.9 Å². The van der Waals surface area contributed by atoms with Crippen molar-refractivity contribution in [1.29, 1.82) is 0 Å². The SMILES string of the molecule is Cc1cscc1CNC1=NCC(C)N1. The zero-order chi connectivity index (χ0) is 9.97. The Hall–Kier alpha value is -1.03. The number of aryl methyl sites for hydroxylation is 1. The van der Waals surface area contributed by atoms with Crippen LogP contribution in [0.25, 0.3) is 0 Å². The van der Waals surface area contributed by atoms with Crippen LogP contribution in [0.2, 0.25) is 0 Å². The highest BCUT2D eigenvalue weighted by atomic mass is 32.1. The summed E-state index contributed by atoms with van der Waals surface area (Å²) < 4.78 is 0. The van der Waals surface area contributed by atoms with Crippen LogP contribution in [0, 0.1) is 6.92 Å². The minimum Gasteiger partial charge on any atom is -0.352 e. The number of guanidine groups is 1. The molecule has 0 saturated heterocycles. The first-order chi connectivity index (χ1) is 6.75. The van der Waals surface area contributed by atoms with Crippen LogP contribution in [0.15, 0.2) is 15.8 Å². The molecule has 76 valence electrons. The van der Waals surface area contributed by atoms with Crippen LogP contribution in [0.1, 0.15) is 18.1 Å². The van der Waals surface area contributed by atoms with Crippen molar-refractivity contribution >= 4 is 17.3 Å². The summed E-state index contributed by atoms with van der Waals surface area (Å²) >= 11 is 1.75. The van der Waals surface area contributed by atoms with Gasteiger partial charge in [-0.05, 0) is 35.7 Å². The van der Waals surface area contributed by atoms with Gasteiger partial charge in [-0.2, -0.15) is 11.3 Å². The molecule has 1 aromatic heterocycles. The van der Waals surface area contributed by atoms with Crippen LogP contribution in [0.5, 0.6) is 0 Å². The average Bonchev–Trinajstić information content (AvgIpc) is 2.72. The van der Waals surface area contributed by atoms with E-state index < -0.39 is 0 Å². The molecule has 0 saturated carbocycles. The van der Waals surface area contributed by atoms with E-state index in [-0.39, 0.29) is 0 Å². The lowest BCUT2D eigenvalue weighted by molar-refractivity contribution is 0.713. The number of aliphatic imine (C=N–C) groups is 1. The van der Waals surface area contributed by atoms with E-state index in [0.717, 1.165) is 19.0 Å². The molecule has 1 aliphatic heterocycles. The Kier molecular flexibility index (Phi) is 2.72. The van der Waals surface area contributed by atoms with Gasteiger partial charge in [0, 0.05) is 12.6 Å². The van der Waals surface area contributed by atoms with E-state index in [2.05, 4.69) is 40.2 Å². The molecule has 1 unspecified atom stereocenters. The molecule has 1 aliphatic rings. The number of nitrogens with zero attached hydrogens (tertiary/aromatic N) is 1. The summed E-state index contributed by atoms with van der Waals surface area (Å²) in [5.41, 5.74) is 2.72. The Labute approximate surface area is 88.3 Å². The molecule has 3 nitrogen and oxygen atoms in total. The van der Waals surface area contributed by atoms with E-state index in [9.17, 15) is 0 Å². The fourth-order valence-electron chi connectivity index (χ4n) is 1.41. The molecule has 1 aromatic rings. The van der Waals surface area contributed by atoms with Gasteiger partial charge in [0.05, 0.1) is 6.54 Å². The maximum Gasteiger partial charge on any atom is 0.191 e. The topological polar surface area (TPSA) is 36.4 Å². The summed E-state index contributed by atoms with van der Waals surface area (Å²) in [6.45, 7) is 6.02. The van der Waals surface area contributed by atoms with E-state index in [1.54, 1.807) is 11.3 Å². The Balaban J connectivity index is 1.86. The van der Waals surface area contributed by atoms with E-state index in [1.807, 2.05) is 0 Å². The highest BCUT2D eigenvalue weighted by Crippen LogP contribution is 2.12. The van der Waals surface area contributed by atoms with Crippen molar-refractivity contribution in [2.75, 3.05) is 6.54 Å². The van der Waals surface area contributed by atoms with Crippen molar-refractivity contribution in [2.45, 2.75) is 26.4 Å². The monoisotopic (exact) mass is 209 g/mol. The number of rotatable bonds is 2. The zero-order valence-electron chi connectivity index (χ0n) is 8.50. The summed E-state index contributed by atoms with van der Waals surface area (Å²) in [7, 11) is 0. The summed E-state index contributed by atoms with van der Waals surface area (Å²) in [4.78, 5) is 4.34. The van der Waals surface area contributed by atoms with Crippen molar-refractivity contribution in [3.63, 3.8) is 0 Å². The third-order valence-electron chi connectivity index (χ3n) is 2.31. The van der Waals surface area contributed by atoms with E-state index >= 15 is 0 Å². The Bertz CT molecular complexity index is 343. The fourth-order valence-corrected chi connectivity index (χ4v) is 2.26. The van der Waals surface area contributed by atoms with Gasteiger partial charge in [0.25, 0.3) is 0 Å². The molecule has 0 radical (unpaired) electrons. The second-order valence-electron chi connectivity index (χ2n) is 3.67. The average molecular weight is 209 g/mol.